The molecule has 1 aromatic rings. The van der Waals surface area contributed by atoms with Gasteiger partial charge in [-0.2, -0.15) is 0 Å². The van der Waals surface area contributed by atoms with Crippen LogP contribution in [-0.4, -0.2) is 24.9 Å². The van der Waals surface area contributed by atoms with E-state index in [9.17, 15) is 0 Å². The van der Waals surface area contributed by atoms with Crippen LogP contribution in [0.5, 0.6) is 5.75 Å². The molecule has 0 aliphatic rings. The average Bonchev–Trinajstić information content (AvgIpc) is 2.17. The van der Waals surface area contributed by atoms with E-state index >= 15 is 0 Å². The zero-order valence-electron chi connectivity index (χ0n) is 8.71. The Morgan fingerprint density at radius 1 is 1.43 bits per heavy atom. The first-order valence-electron chi connectivity index (χ1n) is 4.86. The van der Waals surface area contributed by atoms with Crippen LogP contribution in [0.4, 0.5) is 5.69 Å². The maximum absolute atomic E-state index is 8.66. The van der Waals surface area contributed by atoms with E-state index in [1.807, 2.05) is 32.0 Å². The van der Waals surface area contributed by atoms with Gasteiger partial charge in [0, 0.05) is 6.54 Å². The zero-order chi connectivity index (χ0) is 10.4. The number of aryl methyl sites for hydroxylation is 1. The van der Waals surface area contributed by atoms with Crippen LogP contribution in [0.1, 0.15) is 12.5 Å². The highest BCUT2D eigenvalue weighted by molar-refractivity contribution is 5.57. The van der Waals surface area contributed by atoms with Crippen molar-refractivity contribution in [1.29, 1.82) is 0 Å². The topological polar surface area (TPSA) is 41.5 Å². The monoisotopic (exact) mass is 195 g/mol. The van der Waals surface area contributed by atoms with Gasteiger partial charge in [-0.25, -0.2) is 0 Å². The molecular formula is C11H17NO2. The van der Waals surface area contributed by atoms with Gasteiger partial charge in [0.05, 0.1) is 12.3 Å². The second kappa shape index (κ2) is 5.50. The quantitative estimate of drug-likeness (QED) is 0.752. The molecular weight excluding hydrogens is 178 g/mol. The van der Waals surface area contributed by atoms with Crippen molar-refractivity contribution in [3.8, 4) is 5.75 Å². The molecule has 2 N–H and O–H groups in total. The van der Waals surface area contributed by atoms with Crippen molar-refractivity contribution < 1.29 is 9.84 Å². The van der Waals surface area contributed by atoms with Gasteiger partial charge in [-0.15, -0.1) is 0 Å². The smallest absolute Gasteiger partial charge is 0.142 e. The highest BCUT2D eigenvalue weighted by Gasteiger charge is 2.02. The van der Waals surface area contributed by atoms with E-state index in [2.05, 4.69) is 5.32 Å². The fourth-order valence-electron chi connectivity index (χ4n) is 1.25. The second-order valence-corrected chi connectivity index (χ2v) is 3.10. The highest BCUT2D eigenvalue weighted by Crippen LogP contribution is 2.25. The molecule has 0 saturated carbocycles. The van der Waals surface area contributed by atoms with E-state index in [1.165, 1.54) is 5.56 Å². The number of nitrogens with one attached hydrogen (secondary N) is 1. The largest absolute Gasteiger partial charge is 0.489 e. The molecule has 0 atom stereocenters. The summed E-state index contributed by atoms with van der Waals surface area (Å²) in [5.41, 5.74) is 2.18. The number of anilines is 1. The molecule has 0 radical (unpaired) electrons. The lowest BCUT2D eigenvalue weighted by molar-refractivity contribution is 0.202. The summed E-state index contributed by atoms with van der Waals surface area (Å²) in [6.45, 7) is 5.31. The number of hydrogen-bond acceptors (Lipinski definition) is 3. The van der Waals surface area contributed by atoms with Crippen LogP contribution in [-0.2, 0) is 0 Å². The Kier molecular flexibility index (Phi) is 4.26. The first-order chi connectivity index (χ1) is 6.77. The summed E-state index contributed by atoms with van der Waals surface area (Å²) >= 11 is 0. The van der Waals surface area contributed by atoms with Gasteiger partial charge in [0.25, 0.3) is 0 Å². The van der Waals surface area contributed by atoms with Crippen LogP contribution in [0.3, 0.4) is 0 Å². The zero-order valence-corrected chi connectivity index (χ0v) is 8.71. The molecule has 0 aliphatic heterocycles. The van der Waals surface area contributed by atoms with Crippen LogP contribution in [0, 0.1) is 6.92 Å². The Hall–Kier alpha value is -1.22. The van der Waals surface area contributed by atoms with Crippen LogP contribution in [0.2, 0.25) is 0 Å². The first-order valence-corrected chi connectivity index (χ1v) is 4.86. The van der Waals surface area contributed by atoms with Gasteiger partial charge < -0.3 is 15.2 Å². The minimum Gasteiger partial charge on any atom is -0.489 e. The number of hydrogen-bond donors (Lipinski definition) is 2. The molecule has 0 spiro atoms. The molecule has 1 rings (SSSR count). The molecule has 0 aliphatic carbocycles. The van der Waals surface area contributed by atoms with Crippen LogP contribution in [0.25, 0.3) is 0 Å². The third kappa shape index (κ3) is 2.92. The van der Waals surface area contributed by atoms with Crippen LogP contribution >= 0.6 is 0 Å². The Bertz CT molecular complexity index is 287. The van der Waals surface area contributed by atoms with Crippen molar-refractivity contribution in [2.24, 2.45) is 0 Å². The van der Waals surface area contributed by atoms with E-state index in [0.29, 0.717) is 6.61 Å². The van der Waals surface area contributed by atoms with E-state index in [-0.39, 0.29) is 6.61 Å². The number of aliphatic hydroxyl groups excluding tert-OH is 1. The van der Waals surface area contributed by atoms with Gasteiger partial charge in [-0.3, -0.25) is 0 Å². The standard InChI is InChI=1S/C11H17NO2/c1-3-12-10-8-9(2)4-5-11(10)14-7-6-13/h4-5,8,12-13H,3,6-7H2,1-2H3. The molecule has 0 bridgehead atoms. The van der Waals surface area contributed by atoms with E-state index in [1.54, 1.807) is 0 Å². The van der Waals surface area contributed by atoms with Crippen LogP contribution in [0.15, 0.2) is 18.2 Å². The van der Waals surface area contributed by atoms with Crippen LogP contribution < -0.4 is 10.1 Å². The maximum Gasteiger partial charge on any atom is 0.142 e. The van der Waals surface area contributed by atoms with Crippen molar-refractivity contribution in [1.82, 2.24) is 0 Å². The number of benzene rings is 1. The normalized spacial score (nSPS) is 9.93. The summed E-state index contributed by atoms with van der Waals surface area (Å²) in [7, 11) is 0. The predicted octanol–water partition coefficient (Wildman–Crippen LogP) is 1.80. The third-order valence-corrected chi connectivity index (χ3v) is 1.85. The lowest BCUT2D eigenvalue weighted by atomic mass is 10.2. The van der Waals surface area contributed by atoms with Crippen molar-refractivity contribution >= 4 is 5.69 Å². The number of ether oxygens (including phenoxy) is 1. The third-order valence-electron chi connectivity index (χ3n) is 1.85. The Balaban J connectivity index is 2.78. The van der Waals surface area contributed by atoms with Crippen molar-refractivity contribution in [2.75, 3.05) is 25.1 Å². The molecule has 3 nitrogen and oxygen atoms in total. The SMILES string of the molecule is CCNc1cc(C)ccc1OCCO. The second-order valence-electron chi connectivity index (χ2n) is 3.10. The Morgan fingerprint density at radius 3 is 2.86 bits per heavy atom. The van der Waals surface area contributed by atoms with Crippen molar-refractivity contribution in [3.63, 3.8) is 0 Å². The molecule has 1 aromatic carbocycles. The fourth-order valence-corrected chi connectivity index (χ4v) is 1.25. The van der Waals surface area contributed by atoms with Crippen molar-refractivity contribution in [2.45, 2.75) is 13.8 Å². The van der Waals surface area contributed by atoms with Gasteiger partial charge in [0.15, 0.2) is 0 Å². The first kappa shape index (κ1) is 10.9. The molecule has 14 heavy (non-hydrogen) atoms. The molecule has 0 amide bonds. The minimum atomic E-state index is 0.0411. The van der Waals surface area contributed by atoms with Gasteiger partial charge in [0.1, 0.15) is 12.4 Å². The van der Waals surface area contributed by atoms with E-state index in [0.717, 1.165) is 18.0 Å². The van der Waals surface area contributed by atoms with Gasteiger partial charge in [0.2, 0.25) is 0 Å². The maximum atomic E-state index is 8.66. The van der Waals surface area contributed by atoms with E-state index in [4.69, 9.17) is 9.84 Å². The van der Waals surface area contributed by atoms with Crippen molar-refractivity contribution in [3.05, 3.63) is 23.8 Å². The summed E-state index contributed by atoms with van der Waals surface area (Å²) in [4.78, 5) is 0. The van der Waals surface area contributed by atoms with Gasteiger partial charge in [-0.1, -0.05) is 6.07 Å². The summed E-state index contributed by atoms with van der Waals surface area (Å²) in [6.07, 6.45) is 0. The molecule has 3 heteroatoms. The Morgan fingerprint density at radius 2 is 2.21 bits per heavy atom. The van der Waals surface area contributed by atoms with E-state index < -0.39 is 0 Å². The fraction of sp³-hybridized carbons (Fsp3) is 0.455. The molecule has 0 fully saturated rings. The van der Waals surface area contributed by atoms with Gasteiger partial charge >= 0.3 is 0 Å². The summed E-state index contributed by atoms with van der Waals surface area (Å²) < 4.78 is 5.38. The molecule has 78 valence electrons. The summed E-state index contributed by atoms with van der Waals surface area (Å²) in [5.74, 6) is 0.798. The molecule has 0 heterocycles. The highest BCUT2D eigenvalue weighted by atomic mass is 16.5. The molecule has 0 saturated heterocycles. The van der Waals surface area contributed by atoms with Gasteiger partial charge in [-0.05, 0) is 31.5 Å². The predicted molar refractivity (Wildman–Crippen MR) is 57.9 cm³/mol. The Labute approximate surface area is 84.7 Å². The average molecular weight is 195 g/mol. The molecule has 0 unspecified atom stereocenters. The lowest BCUT2D eigenvalue weighted by Crippen LogP contribution is -2.05. The number of rotatable bonds is 5. The lowest BCUT2D eigenvalue weighted by Gasteiger charge is -2.12. The molecule has 0 aromatic heterocycles. The summed E-state index contributed by atoms with van der Waals surface area (Å²) in [5, 5.41) is 11.9. The number of aliphatic hydroxyl groups is 1. The summed E-state index contributed by atoms with van der Waals surface area (Å²) in [6, 6.07) is 5.95. The minimum absolute atomic E-state index is 0.0411.